The SMILES string of the molecule is COc1c(F)cc2c(c1F)C(=O)N(C[C@@]1(C#Cc3ccc([C@]4(CNC(=O)OC(C)(C)C)NC(=O)NC4=O)cc3)NC(=O)NC1=O)C2. The van der Waals surface area contributed by atoms with Crippen molar-refractivity contribution in [3.8, 4) is 17.6 Å². The third-order valence-electron chi connectivity index (χ3n) is 7.33. The minimum Gasteiger partial charge on any atom is -0.491 e. The van der Waals surface area contributed by atoms with Crippen LogP contribution in [0.15, 0.2) is 30.3 Å². The van der Waals surface area contributed by atoms with Crippen LogP contribution >= 0.6 is 0 Å². The second-order valence-electron chi connectivity index (χ2n) is 11.7. The molecule has 8 amide bonds. The first-order valence-corrected chi connectivity index (χ1v) is 13.8. The monoisotopic (exact) mass is 638 g/mol. The summed E-state index contributed by atoms with van der Waals surface area (Å²) in [6, 6.07) is 5.20. The molecule has 240 valence electrons. The van der Waals surface area contributed by atoms with Gasteiger partial charge in [-0.25, -0.2) is 23.2 Å². The number of imide groups is 2. The Morgan fingerprint density at radius 1 is 1.02 bits per heavy atom. The van der Waals surface area contributed by atoms with Crippen LogP contribution in [0, 0.1) is 23.5 Å². The van der Waals surface area contributed by atoms with Gasteiger partial charge < -0.3 is 30.3 Å². The highest BCUT2D eigenvalue weighted by molar-refractivity contribution is 6.10. The summed E-state index contributed by atoms with van der Waals surface area (Å²) in [6.07, 6.45) is -0.808. The van der Waals surface area contributed by atoms with E-state index in [0.29, 0.717) is 5.56 Å². The molecule has 0 aromatic heterocycles. The van der Waals surface area contributed by atoms with Crippen LogP contribution in [0.3, 0.4) is 0 Å². The summed E-state index contributed by atoms with van der Waals surface area (Å²) in [7, 11) is 1.06. The average Bonchev–Trinajstić information content (AvgIpc) is 3.54. The molecule has 0 spiro atoms. The predicted molar refractivity (Wildman–Crippen MR) is 153 cm³/mol. The van der Waals surface area contributed by atoms with Gasteiger partial charge in [-0.15, -0.1) is 0 Å². The predicted octanol–water partition coefficient (Wildman–Crippen LogP) is 1.12. The first-order valence-electron chi connectivity index (χ1n) is 13.8. The fourth-order valence-electron chi connectivity index (χ4n) is 5.23. The number of amides is 8. The molecule has 0 radical (unpaired) electrons. The quantitative estimate of drug-likeness (QED) is 0.230. The van der Waals surface area contributed by atoms with Crippen molar-refractivity contribution in [3.63, 3.8) is 0 Å². The van der Waals surface area contributed by atoms with Crippen molar-refractivity contribution < 1.29 is 47.0 Å². The Morgan fingerprint density at radius 3 is 2.24 bits per heavy atom. The normalized spacial score (nSPS) is 21.9. The van der Waals surface area contributed by atoms with E-state index >= 15 is 0 Å². The fourth-order valence-corrected chi connectivity index (χ4v) is 5.23. The Balaban J connectivity index is 1.40. The van der Waals surface area contributed by atoms with Gasteiger partial charge in [0.15, 0.2) is 22.9 Å². The fraction of sp³-hybridized carbons (Fsp3) is 0.333. The van der Waals surface area contributed by atoms with Crippen molar-refractivity contribution in [1.29, 1.82) is 0 Å². The van der Waals surface area contributed by atoms with E-state index in [0.717, 1.165) is 18.1 Å². The highest BCUT2D eigenvalue weighted by Gasteiger charge is 2.50. The van der Waals surface area contributed by atoms with Crippen molar-refractivity contribution >= 4 is 35.9 Å². The number of urea groups is 2. The molecule has 3 heterocycles. The van der Waals surface area contributed by atoms with Gasteiger partial charge in [0.25, 0.3) is 17.7 Å². The lowest BCUT2D eigenvalue weighted by Crippen LogP contribution is -2.54. The summed E-state index contributed by atoms with van der Waals surface area (Å²) in [5.41, 5.74) is -4.25. The highest BCUT2D eigenvalue weighted by Crippen LogP contribution is 2.34. The summed E-state index contributed by atoms with van der Waals surface area (Å²) in [6.45, 7) is 3.88. The molecule has 14 nitrogen and oxygen atoms in total. The van der Waals surface area contributed by atoms with Crippen LogP contribution in [0.1, 0.15) is 47.8 Å². The van der Waals surface area contributed by atoms with Crippen LogP contribution in [0.4, 0.5) is 23.2 Å². The van der Waals surface area contributed by atoms with Crippen molar-refractivity contribution in [2.75, 3.05) is 20.2 Å². The first kappa shape index (κ1) is 31.7. The summed E-state index contributed by atoms with van der Waals surface area (Å²) >= 11 is 0. The molecule has 5 N–H and O–H groups in total. The van der Waals surface area contributed by atoms with Gasteiger partial charge in [-0.05, 0) is 50.1 Å². The number of nitrogens with zero attached hydrogens (tertiary/aromatic N) is 1. The van der Waals surface area contributed by atoms with E-state index in [9.17, 15) is 37.5 Å². The smallest absolute Gasteiger partial charge is 0.407 e. The Hall–Kier alpha value is -5.72. The molecule has 46 heavy (non-hydrogen) atoms. The first-order chi connectivity index (χ1) is 21.6. The minimum absolute atomic E-state index is 0.0300. The standard InChI is InChI=1S/C30H28F2N6O8/c1-28(2,3)46-27(44)33-13-30(24(41)35-26(43)37-30)17-7-5-15(6-8-17)9-10-29(23(40)34-25(42)36-29)14-38-12-16-11-18(31)21(45-4)20(32)19(16)22(38)39/h5-8,11H,12-14H2,1-4H3,(H,33,44)(H2,34,36,40,42)(H2,35,37,41,43)/t29-,30+/m1/s1. The number of carbonyl (C=O) groups is 6. The number of alkyl carbamates (subject to hydrolysis) is 1. The Kier molecular flexibility index (Phi) is 7.81. The summed E-state index contributed by atoms with van der Waals surface area (Å²) < 4.78 is 39.1. The van der Waals surface area contributed by atoms with E-state index in [1.54, 1.807) is 20.8 Å². The lowest BCUT2D eigenvalue weighted by molar-refractivity contribution is -0.124. The Morgan fingerprint density at radius 2 is 1.67 bits per heavy atom. The maximum absolute atomic E-state index is 14.9. The van der Waals surface area contributed by atoms with E-state index in [1.165, 1.54) is 24.3 Å². The van der Waals surface area contributed by atoms with Crippen molar-refractivity contribution in [1.82, 2.24) is 31.5 Å². The lowest BCUT2D eigenvalue weighted by atomic mass is 9.89. The number of nitrogens with one attached hydrogen (secondary N) is 5. The molecule has 0 saturated carbocycles. The minimum atomic E-state index is -1.95. The molecule has 16 heteroatoms. The number of halogens is 2. The van der Waals surface area contributed by atoms with Gasteiger partial charge in [-0.3, -0.25) is 25.0 Å². The number of ether oxygens (including phenoxy) is 2. The van der Waals surface area contributed by atoms with Crippen molar-refractivity contribution in [3.05, 3.63) is 64.2 Å². The molecule has 2 aromatic rings. The summed E-state index contributed by atoms with van der Waals surface area (Å²) in [5, 5.41) is 11.7. The number of carbonyl (C=O) groups excluding carboxylic acids is 6. The third kappa shape index (κ3) is 5.74. The molecule has 3 aliphatic heterocycles. The molecule has 0 aliphatic carbocycles. The number of hydrogen-bond donors (Lipinski definition) is 5. The number of rotatable bonds is 6. The van der Waals surface area contributed by atoms with E-state index in [4.69, 9.17) is 9.47 Å². The zero-order valence-electron chi connectivity index (χ0n) is 25.0. The highest BCUT2D eigenvalue weighted by atomic mass is 19.1. The second-order valence-corrected chi connectivity index (χ2v) is 11.7. The zero-order chi connectivity index (χ0) is 33.6. The molecular formula is C30H28F2N6O8. The second kappa shape index (κ2) is 11.3. The van der Waals surface area contributed by atoms with Crippen LogP contribution in [0.25, 0.3) is 0 Å². The summed E-state index contributed by atoms with van der Waals surface area (Å²) in [4.78, 5) is 76.5. The molecule has 2 atom stereocenters. The van der Waals surface area contributed by atoms with Crippen LogP contribution in [-0.2, 0) is 26.4 Å². The Bertz CT molecular complexity index is 1760. The van der Waals surface area contributed by atoms with Crippen LogP contribution in [-0.4, -0.2) is 72.1 Å². The topological polar surface area (TPSA) is 184 Å². The number of benzene rings is 2. The number of hydrogen-bond acceptors (Lipinski definition) is 8. The largest absolute Gasteiger partial charge is 0.491 e. The van der Waals surface area contributed by atoms with E-state index in [1.807, 2.05) is 0 Å². The number of methoxy groups -OCH3 is 1. The average molecular weight is 639 g/mol. The van der Waals surface area contributed by atoms with Gasteiger partial charge in [0.1, 0.15) is 5.60 Å². The lowest BCUT2D eigenvalue weighted by Gasteiger charge is -2.28. The zero-order valence-corrected chi connectivity index (χ0v) is 25.0. The van der Waals surface area contributed by atoms with Crippen molar-refractivity contribution in [2.45, 2.75) is 44.0 Å². The molecule has 2 fully saturated rings. The maximum atomic E-state index is 14.9. The van der Waals surface area contributed by atoms with Crippen LogP contribution < -0.4 is 31.3 Å². The Labute approximate surface area is 260 Å². The van der Waals surface area contributed by atoms with Gasteiger partial charge in [0.2, 0.25) is 5.54 Å². The van der Waals surface area contributed by atoms with Gasteiger partial charge in [0.05, 0.1) is 25.8 Å². The number of fused-ring (bicyclic) bond motifs is 1. The van der Waals surface area contributed by atoms with Crippen molar-refractivity contribution in [2.24, 2.45) is 0 Å². The van der Waals surface area contributed by atoms with Gasteiger partial charge in [-0.2, -0.15) is 0 Å². The molecule has 2 saturated heterocycles. The van der Waals surface area contributed by atoms with Gasteiger partial charge in [0, 0.05) is 12.1 Å². The van der Waals surface area contributed by atoms with Gasteiger partial charge in [-0.1, -0.05) is 24.0 Å². The molecule has 5 rings (SSSR count). The van der Waals surface area contributed by atoms with E-state index < -0.39 is 82.0 Å². The molecule has 3 aliphatic rings. The maximum Gasteiger partial charge on any atom is 0.407 e. The molecule has 2 aromatic carbocycles. The van der Waals surface area contributed by atoms with E-state index in [2.05, 4.69) is 38.4 Å². The third-order valence-corrected chi connectivity index (χ3v) is 7.33. The molecule has 0 unspecified atom stereocenters. The molecular weight excluding hydrogens is 610 g/mol. The summed E-state index contributed by atoms with van der Waals surface area (Å²) in [5.74, 6) is 0.0883. The van der Waals surface area contributed by atoms with Crippen LogP contribution in [0.2, 0.25) is 0 Å². The van der Waals surface area contributed by atoms with Crippen LogP contribution in [0.5, 0.6) is 5.75 Å². The molecule has 0 bridgehead atoms. The van der Waals surface area contributed by atoms with Gasteiger partial charge >= 0.3 is 18.2 Å². The van der Waals surface area contributed by atoms with E-state index in [-0.39, 0.29) is 24.2 Å².